The van der Waals surface area contributed by atoms with E-state index in [1.54, 1.807) is 18.2 Å². The van der Waals surface area contributed by atoms with Gasteiger partial charge in [-0.3, -0.25) is 20.4 Å². The Balaban J connectivity index is 1.64. The van der Waals surface area contributed by atoms with Crippen molar-refractivity contribution in [3.8, 4) is 5.75 Å². The molecule has 2 aromatic carbocycles. The lowest BCUT2D eigenvalue weighted by atomic mass is 10.2. The van der Waals surface area contributed by atoms with Gasteiger partial charge in [-0.15, -0.1) is 0 Å². The Morgan fingerprint density at radius 3 is 2.73 bits per heavy atom. The molecule has 3 aromatic rings. The molecule has 2 N–H and O–H groups in total. The molecule has 134 valence electrons. The molecule has 0 bridgehead atoms. The minimum absolute atomic E-state index is 0.102. The molecule has 3 rings (SSSR count). The van der Waals surface area contributed by atoms with Gasteiger partial charge in [0, 0.05) is 16.2 Å². The summed E-state index contributed by atoms with van der Waals surface area (Å²) < 4.78 is 8.02. The second-order valence-corrected chi connectivity index (χ2v) is 6.49. The molecule has 1 aromatic heterocycles. The summed E-state index contributed by atoms with van der Waals surface area (Å²) in [6.45, 7) is 2.38. The van der Waals surface area contributed by atoms with Crippen LogP contribution < -0.4 is 15.6 Å². The Bertz CT molecular complexity index is 952. The molecule has 0 aliphatic heterocycles. The fourth-order valence-electron chi connectivity index (χ4n) is 2.63. The quantitative estimate of drug-likeness (QED) is 0.628. The summed E-state index contributed by atoms with van der Waals surface area (Å²) in [4.78, 5) is 24.6. The number of rotatable bonds is 5. The van der Waals surface area contributed by atoms with Gasteiger partial charge in [0.25, 0.3) is 11.8 Å². The normalized spacial score (nSPS) is 10.5. The Hall–Kier alpha value is -2.80. The zero-order chi connectivity index (χ0) is 18.5. The lowest BCUT2D eigenvalue weighted by Crippen LogP contribution is -2.43. The first-order chi connectivity index (χ1) is 12.6. The first-order valence-corrected chi connectivity index (χ1v) is 8.93. The number of ether oxygens (including phenoxy) is 1. The highest BCUT2D eigenvalue weighted by atomic mass is 79.9. The smallest absolute Gasteiger partial charge is 0.273 e. The second-order valence-electron chi connectivity index (χ2n) is 5.58. The molecule has 7 heteroatoms. The monoisotopic (exact) mass is 415 g/mol. The van der Waals surface area contributed by atoms with Crippen LogP contribution in [0.15, 0.2) is 59.2 Å². The summed E-state index contributed by atoms with van der Waals surface area (Å²) in [6, 6.07) is 14.9. The molecule has 6 nitrogen and oxygen atoms in total. The topological polar surface area (TPSA) is 72.4 Å². The van der Waals surface area contributed by atoms with E-state index in [0.29, 0.717) is 17.9 Å². The van der Waals surface area contributed by atoms with Crippen molar-refractivity contribution in [2.75, 3.05) is 6.61 Å². The summed E-state index contributed by atoms with van der Waals surface area (Å²) in [6.07, 6.45) is 1.84. The minimum atomic E-state index is -0.444. The summed E-state index contributed by atoms with van der Waals surface area (Å²) in [5.74, 6) is -0.313. The van der Waals surface area contributed by atoms with Crippen LogP contribution in [0.25, 0.3) is 10.9 Å². The van der Waals surface area contributed by atoms with E-state index < -0.39 is 5.91 Å². The Morgan fingerprint density at radius 2 is 1.92 bits per heavy atom. The van der Waals surface area contributed by atoms with E-state index in [9.17, 15) is 9.59 Å². The molecule has 26 heavy (non-hydrogen) atoms. The van der Waals surface area contributed by atoms with Gasteiger partial charge in [-0.2, -0.15) is 0 Å². The number of halogens is 1. The molecule has 2 amide bonds. The number of fused-ring (bicyclic) bond motifs is 1. The lowest BCUT2D eigenvalue weighted by Gasteiger charge is -2.12. The van der Waals surface area contributed by atoms with E-state index in [1.165, 1.54) is 0 Å². The number of carbonyl (C=O) groups excluding carboxylic acids is 2. The lowest BCUT2D eigenvalue weighted by molar-refractivity contribution is -0.122. The third-order valence-corrected chi connectivity index (χ3v) is 4.29. The van der Waals surface area contributed by atoms with E-state index in [1.807, 2.05) is 48.0 Å². The molecule has 0 unspecified atom stereocenters. The van der Waals surface area contributed by atoms with E-state index in [4.69, 9.17) is 4.74 Å². The van der Waals surface area contributed by atoms with E-state index in [-0.39, 0.29) is 12.5 Å². The van der Waals surface area contributed by atoms with Gasteiger partial charge < -0.3 is 9.30 Å². The largest absolute Gasteiger partial charge is 0.493 e. The maximum Gasteiger partial charge on any atom is 0.273 e. The minimum Gasteiger partial charge on any atom is -0.493 e. The Kier molecular flexibility index (Phi) is 5.58. The van der Waals surface area contributed by atoms with Crippen molar-refractivity contribution in [1.82, 2.24) is 15.4 Å². The van der Waals surface area contributed by atoms with Crippen molar-refractivity contribution in [3.63, 3.8) is 0 Å². The van der Waals surface area contributed by atoms with Gasteiger partial charge in [0.2, 0.25) is 0 Å². The van der Waals surface area contributed by atoms with Gasteiger partial charge in [-0.1, -0.05) is 34.1 Å². The molecule has 0 saturated heterocycles. The maximum atomic E-state index is 12.4. The third-order valence-electron chi connectivity index (χ3n) is 3.80. The number of benzene rings is 2. The van der Waals surface area contributed by atoms with Crippen LogP contribution in [0.5, 0.6) is 5.75 Å². The standard InChI is InChI=1S/C19H18BrN3O3/c1-2-26-17-8-7-14(20)11-15(17)19(25)22-21-18(24)12-23-10-9-13-5-3-4-6-16(13)23/h3-11H,2,12H2,1H3,(H,21,24)(H,22,25). The molecule has 0 spiro atoms. The number of nitrogens with zero attached hydrogens (tertiary/aromatic N) is 1. The van der Waals surface area contributed by atoms with Gasteiger partial charge in [-0.25, -0.2) is 0 Å². The number of amides is 2. The van der Waals surface area contributed by atoms with Crippen molar-refractivity contribution in [2.45, 2.75) is 13.5 Å². The van der Waals surface area contributed by atoms with E-state index >= 15 is 0 Å². The van der Waals surface area contributed by atoms with Crippen LogP contribution in [0.1, 0.15) is 17.3 Å². The number of nitrogens with one attached hydrogen (secondary N) is 2. The average Bonchev–Trinajstić information content (AvgIpc) is 3.04. The second kappa shape index (κ2) is 8.05. The van der Waals surface area contributed by atoms with Crippen LogP contribution in [0.4, 0.5) is 0 Å². The number of para-hydroxylation sites is 1. The highest BCUT2D eigenvalue weighted by molar-refractivity contribution is 9.10. The first kappa shape index (κ1) is 18.0. The number of aromatic nitrogens is 1. The average molecular weight is 416 g/mol. The molecule has 0 fully saturated rings. The zero-order valence-electron chi connectivity index (χ0n) is 14.2. The number of carbonyl (C=O) groups is 2. The summed E-state index contributed by atoms with van der Waals surface area (Å²) in [5, 5.41) is 1.06. The van der Waals surface area contributed by atoms with Crippen molar-refractivity contribution < 1.29 is 14.3 Å². The fourth-order valence-corrected chi connectivity index (χ4v) is 2.99. The molecule has 0 radical (unpaired) electrons. The third kappa shape index (κ3) is 4.05. The SMILES string of the molecule is CCOc1ccc(Br)cc1C(=O)NNC(=O)Cn1ccc2ccccc21. The molecule has 0 aliphatic rings. The predicted molar refractivity (Wildman–Crippen MR) is 103 cm³/mol. The molecular weight excluding hydrogens is 398 g/mol. The first-order valence-electron chi connectivity index (χ1n) is 8.14. The van der Waals surface area contributed by atoms with Crippen LogP contribution in [-0.4, -0.2) is 23.0 Å². The van der Waals surface area contributed by atoms with Gasteiger partial charge in [0.1, 0.15) is 12.3 Å². The van der Waals surface area contributed by atoms with E-state index in [2.05, 4.69) is 26.8 Å². The molecule has 0 aliphatic carbocycles. The number of hydrazine groups is 1. The summed E-state index contributed by atoms with van der Waals surface area (Å²) in [7, 11) is 0. The van der Waals surface area contributed by atoms with Crippen LogP contribution in [0.2, 0.25) is 0 Å². The van der Waals surface area contributed by atoms with Gasteiger partial charge >= 0.3 is 0 Å². The van der Waals surface area contributed by atoms with Crippen LogP contribution in [0.3, 0.4) is 0 Å². The van der Waals surface area contributed by atoms with Crippen LogP contribution >= 0.6 is 15.9 Å². The van der Waals surface area contributed by atoms with Crippen molar-refractivity contribution in [2.24, 2.45) is 0 Å². The highest BCUT2D eigenvalue weighted by Crippen LogP contribution is 2.23. The number of hydrogen-bond donors (Lipinski definition) is 2. The van der Waals surface area contributed by atoms with Crippen LogP contribution in [0, 0.1) is 0 Å². The van der Waals surface area contributed by atoms with Gasteiger partial charge in [0.05, 0.1) is 12.2 Å². The van der Waals surface area contributed by atoms with Crippen molar-refractivity contribution in [3.05, 3.63) is 64.8 Å². The van der Waals surface area contributed by atoms with Gasteiger partial charge in [-0.05, 0) is 42.6 Å². The highest BCUT2D eigenvalue weighted by Gasteiger charge is 2.14. The molecule has 0 atom stereocenters. The Labute approximate surface area is 159 Å². The summed E-state index contributed by atoms with van der Waals surface area (Å²) in [5.41, 5.74) is 6.17. The molecule has 0 saturated carbocycles. The zero-order valence-corrected chi connectivity index (χ0v) is 15.7. The fraction of sp³-hybridized carbons (Fsp3) is 0.158. The summed E-state index contributed by atoms with van der Waals surface area (Å²) >= 11 is 3.33. The Morgan fingerprint density at radius 1 is 1.12 bits per heavy atom. The van der Waals surface area contributed by atoms with Crippen LogP contribution in [-0.2, 0) is 11.3 Å². The molecule has 1 heterocycles. The predicted octanol–water partition coefficient (Wildman–Crippen LogP) is 3.26. The van der Waals surface area contributed by atoms with Crippen molar-refractivity contribution in [1.29, 1.82) is 0 Å². The maximum absolute atomic E-state index is 12.4. The van der Waals surface area contributed by atoms with Gasteiger partial charge in [0.15, 0.2) is 0 Å². The molecular formula is C19H18BrN3O3. The van der Waals surface area contributed by atoms with Crippen molar-refractivity contribution >= 4 is 38.6 Å². The van der Waals surface area contributed by atoms with E-state index in [0.717, 1.165) is 15.4 Å². The number of hydrogen-bond acceptors (Lipinski definition) is 3.